The van der Waals surface area contributed by atoms with E-state index < -0.39 is 0 Å². The fourth-order valence-electron chi connectivity index (χ4n) is 1.70. The van der Waals surface area contributed by atoms with Crippen molar-refractivity contribution < 1.29 is 0 Å². The molecule has 0 fully saturated rings. The van der Waals surface area contributed by atoms with Crippen molar-refractivity contribution in [2.24, 2.45) is 10.7 Å². The van der Waals surface area contributed by atoms with Crippen molar-refractivity contribution in [3.8, 4) is 0 Å². The standard InChI is InChI=1S/C14H15N3/c1-17-14-9-13(16)7-4-11(14)8-10-2-5-12(15)6-3-10/h2,4-9H,1,3,15-16H2/b10-8-. The second kappa shape index (κ2) is 4.70. The Morgan fingerprint density at radius 2 is 2.06 bits per heavy atom. The van der Waals surface area contributed by atoms with E-state index >= 15 is 0 Å². The third kappa shape index (κ3) is 2.64. The van der Waals surface area contributed by atoms with Crippen molar-refractivity contribution in [3.05, 3.63) is 53.3 Å². The fourth-order valence-corrected chi connectivity index (χ4v) is 1.70. The third-order valence-corrected chi connectivity index (χ3v) is 2.63. The molecule has 1 aromatic carbocycles. The van der Waals surface area contributed by atoms with E-state index in [9.17, 15) is 0 Å². The monoisotopic (exact) mass is 225 g/mol. The van der Waals surface area contributed by atoms with Crippen LogP contribution in [0.5, 0.6) is 0 Å². The molecule has 3 heteroatoms. The lowest BCUT2D eigenvalue weighted by Gasteiger charge is -2.07. The summed E-state index contributed by atoms with van der Waals surface area (Å²) in [6, 6.07) is 5.62. The largest absolute Gasteiger partial charge is 0.399 e. The highest BCUT2D eigenvalue weighted by Crippen LogP contribution is 2.26. The number of anilines is 1. The molecule has 0 atom stereocenters. The van der Waals surface area contributed by atoms with Crippen molar-refractivity contribution >= 4 is 24.2 Å². The topological polar surface area (TPSA) is 64.4 Å². The molecule has 0 saturated carbocycles. The Morgan fingerprint density at radius 1 is 1.24 bits per heavy atom. The maximum Gasteiger partial charge on any atom is 0.0715 e. The van der Waals surface area contributed by atoms with Crippen molar-refractivity contribution in [1.29, 1.82) is 0 Å². The van der Waals surface area contributed by atoms with E-state index in [1.165, 1.54) is 5.57 Å². The number of hydrogen-bond donors (Lipinski definition) is 2. The zero-order valence-corrected chi connectivity index (χ0v) is 9.56. The van der Waals surface area contributed by atoms with Gasteiger partial charge in [-0.15, -0.1) is 0 Å². The Kier molecular flexibility index (Phi) is 3.10. The van der Waals surface area contributed by atoms with E-state index in [1.807, 2.05) is 36.4 Å². The van der Waals surface area contributed by atoms with Crippen LogP contribution in [-0.2, 0) is 0 Å². The first-order chi connectivity index (χ1) is 8.19. The molecule has 1 aliphatic rings. The molecule has 0 saturated heterocycles. The molecule has 3 nitrogen and oxygen atoms in total. The van der Waals surface area contributed by atoms with E-state index in [2.05, 4.69) is 17.8 Å². The molecule has 17 heavy (non-hydrogen) atoms. The Hall–Kier alpha value is -2.29. The SMILES string of the molecule is C=Nc1cc(N)ccc1/C=C1/C=CC(N)=CC1. The summed E-state index contributed by atoms with van der Waals surface area (Å²) in [7, 11) is 0. The number of nitrogens with two attached hydrogens (primary N) is 2. The van der Waals surface area contributed by atoms with E-state index in [0.29, 0.717) is 5.69 Å². The third-order valence-electron chi connectivity index (χ3n) is 2.63. The number of nitrogen functional groups attached to an aromatic ring is 1. The highest BCUT2D eigenvalue weighted by molar-refractivity contribution is 5.72. The van der Waals surface area contributed by atoms with Gasteiger partial charge in [-0.25, -0.2) is 0 Å². The van der Waals surface area contributed by atoms with Crippen LogP contribution in [0, 0.1) is 0 Å². The average molecular weight is 225 g/mol. The van der Waals surface area contributed by atoms with Crippen LogP contribution in [0.1, 0.15) is 12.0 Å². The number of hydrogen-bond acceptors (Lipinski definition) is 3. The number of allylic oxidation sites excluding steroid dienone is 4. The first-order valence-corrected chi connectivity index (χ1v) is 5.39. The second-order valence-electron chi connectivity index (χ2n) is 3.94. The molecule has 0 radical (unpaired) electrons. The summed E-state index contributed by atoms with van der Waals surface area (Å²) >= 11 is 0. The molecule has 2 rings (SSSR count). The van der Waals surface area contributed by atoms with Gasteiger partial charge >= 0.3 is 0 Å². The highest BCUT2D eigenvalue weighted by atomic mass is 14.7. The fraction of sp³-hybridized carbons (Fsp3) is 0.0714. The summed E-state index contributed by atoms with van der Waals surface area (Å²) in [5.74, 6) is 0. The van der Waals surface area contributed by atoms with Gasteiger partial charge in [0.1, 0.15) is 0 Å². The van der Waals surface area contributed by atoms with Crippen LogP contribution in [0.3, 0.4) is 0 Å². The van der Waals surface area contributed by atoms with Crippen LogP contribution in [0.15, 0.2) is 52.7 Å². The van der Waals surface area contributed by atoms with Crippen LogP contribution in [0.25, 0.3) is 6.08 Å². The molecule has 86 valence electrons. The van der Waals surface area contributed by atoms with Crippen LogP contribution >= 0.6 is 0 Å². The Morgan fingerprint density at radius 3 is 2.71 bits per heavy atom. The first kappa shape index (κ1) is 11.2. The summed E-state index contributed by atoms with van der Waals surface area (Å²) in [6.45, 7) is 3.55. The van der Waals surface area contributed by atoms with Gasteiger partial charge in [-0.3, -0.25) is 4.99 Å². The summed E-state index contributed by atoms with van der Waals surface area (Å²) < 4.78 is 0. The molecule has 0 bridgehead atoms. The van der Waals surface area contributed by atoms with Gasteiger partial charge in [0, 0.05) is 16.9 Å². The number of nitrogens with zero attached hydrogens (tertiary/aromatic N) is 1. The normalized spacial score (nSPS) is 16.9. The van der Waals surface area contributed by atoms with Gasteiger partial charge in [-0.1, -0.05) is 18.2 Å². The van der Waals surface area contributed by atoms with Gasteiger partial charge in [0.15, 0.2) is 0 Å². The molecule has 4 N–H and O–H groups in total. The summed E-state index contributed by atoms with van der Waals surface area (Å²) in [5.41, 5.74) is 15.9. The van der Waals surface area contributed by atoms with Gasteiger partial charge in [0.25, 0.3) is 0 Å². The van der Waals surface area contributed by atoms with Crippen LogP contribution in [-0.4, -0.2) is 6.72 Å². The second-order valence-corrected chi connectivity index (χ2v) is 3.94. The lowest BCUT2D eigenvalue weighted by molar-refractivity contribution is 1.21. The van der Waals surface area contributed by atoms with Gasteiger partial charge in [-0.2, -0.15) is 0 Å². The Balaban J connectivity index is 2.33. The van der Waals surface area contributed by atoms with E-state index in [4.69, 9.17) is 11.5 Å². The average Bonchev–Trinajstić information content (AvgIpc) is 2.34. The van der Waals surface area contributed by atoms with Crippen molar-refractivity contribution in [1.82, 2.24) is 0 Å². The van der Waals surface area contributed by atoms with E-state index in [-0.39, 0.29) is 0 Å². The molecule has 0 aromatic heterocycles. The van der Waals surface area contributed by atoms with Crippen LogP contribution in [0.2, 0.25) is 0 Å². The van der Waals surface area contributed by atoms with Crippen molar-refractivity contribution in [2.75, 3.05) is 5.73 Å². The number of rotatable bonds is 2. The van der Waals surface area contributed by atoms with Crippen LogP contribution in [0.4, 0.5) is 11.4 Å². The predicted octanol–water partition coefficient (Wildman–Crippen LogP) is 2.79. The van der Waals surface area contributed by atoms with Gasteiger partial charge < -0.3 is 11.5 Å². The molecule has 0 spiro atoms. The van der Waals surface area contributed by atoms with Gasteiger partial charge in [0.2, 0.25) is 0 Å². The number of aliphatic imine (C=N–C) groups is 1. The smallest absolute Gasteiger partial charge is 0.0715 e. The molecule has 1 aliphatic carbocycles. The maximum atomic E-state index is 5.71. The summed E-state index contributed by atoms with van der Waals surface area (Å²) in [5, 5.41) is 0. The maximum absolute atomic E-state index is 5.71. The molecule has 0 aliphatic heterocycles. The molecule has 0 heterocycles. The minimum absolute atomic E-state index is 0.692. The van der Waals surface area contributed by atoms with E-state index in [0.717, 1.165) is 23.4 Å². The van der Waals surface area contributed by atoms with Gasteiger partial charge in [0.05, 0.1) is 5.69 Å². The summed E-state index contributed by atoms with van der Waals surface area (Å²) in [4.78, 5) is 3.97. The zero-order chi connectivity index (χ0) is 12.3. The number of benzene rings is 1. The Labute approximate surface area is 101 Å². The Bertz CT molecular complexity index is 536. The van der Waals surface area contributed by atoms with Crippen molar-refractivity contribution in [3.63, 3.8) is 0 Å². The van der Waals surface area contributed by atoms with Crippen molar-refractivity contribution in [2.45, 2.75) is 6.42 Å². The lowest BCUT2D eigenvalue weighted by atomic mass is 10.0. The van der Waals surface area contributed by atoms with Gasteiger partial charge in [-0.05, 0) is 43.0 Å². The lowest BCUT2D eigenvalue weighted by Crippen LogP contribution is -1.97. The summed E-state index contributed by atoms with van der Waals surface area (Å²) in [6.07, 6.45) is 8.81. The molecule has 1 aromatic rings. The van der Waals surface area contributed by atoms with E-state index in [1.54, 1.807) is 0 Å². The quantitative estimate of drug-likeness (QED) is 0.600. The minimum atomic E-state index is 0.692. The molecule has 0 unspecified atom stereocenters. The molecular formula is C14H15N3. The molecular weight excluding hydrogens is 210 g/mol. The molecule has 0 amide bonds. The van der Waals surface area contributed by atoms with Crippen LogP contribution < -0.4 is 11.5 Å². The highest BCUT2D eigenvalue weighted by Gasteiger charge is 2.02. The predicted molar refractivity (Wildman–Crippen MR) is 74.1 cm³/mol. The zero-order valence-electron chi connectivity index (χ0n) is 9.56. The minimum Gasteiger partial charge on any atom is -0.399 e. The first-order valence-electron chi connectivity index (χ1n) is 5.39.